The summed E-state index contributed by atoms with van der Waals surface area (Å²) in [6, 6.07) is 9.29. The second-order valence-corrected chi connectivity index (χ2v) is 6.89. The molecule has 1 unspecified atom stereocenters. The summed E-state index contributed by atoms with van der Waals surface area (Å²) in [5, 5.41) is 4.26. The van der Waals surface area contributed by atoms with E-state index in [0.29, 0.717) is 12.1 Å². The maximum atomic E-state index is 13.4. The van der Waals surface area contributed by atoms with Crippen molar-refractivity contribution in [1.29, 1.82) is 0 Å². The van der Waals surface area contributed by atoms with Crippen molar-refractivity contribution in [2.24, 2.45) is 0 Å². The van der Waals surface area contributed by atoms with Crippen LogP contribution < -0.4 is 0 Å². The van der Waals surface area contributed by atoms with Gasteiger partial charge >= 0.3 is 0 Å². The van der Waals surface area contributed by atoms with E-state index in [2.05, 4.69) is 5.10 Å². The van der Waals surface area contributed by atoms with Gasteiger partial charge in [0.1, 0.15) is 5.54 Å². The zero-order chi connectivity index (χ0) is 17.4. The monoisotopic (exact) mass is 338 g/mol. The standard InChI is InChI=1S/C19H22N4O2/c1-21-12-4-9-19(18(21)25)10-5-13-22(19)17(24)15-7-2-3-8-16(15)23-14-6-11-20-23/h2-3,6-8,11,14H,4-5,9-10,12-13H2,1H3. The molecule has 1 aromatic heterocycles. The number of carbonyl (C=O) groups excluding carboxylic acids is 2. The molecule has 1 aromatic carbocycles. The number of hydrogen-bond donors (Lipinski definition) is 0. The highest BCUT2D eigenvalue weighted by Gasteiger charge is 2.52. The van der Waals surface area contributed by atoms with Gasteiger partial charge in [-0.3, -0.25) is 9.59 Å². The lowest BCUT2D eigenvalue weighted by atomic mass is 9.85. The van der Waals surface area contributed by atoms with Crippen molar-refractivity contribution in [2.45, 2.75) is 31.2 Å². The van der Waals surface area contributed by atoms with Gasteiger partial charge in [0.25, 0.3) is 5.91 Å². The smallest absolute Gasteiger partial charge is 0.256 e. The Bertz CT molecular complexity index is 802. The molecule has 3 heterocycles. The first-order chi connectivity index (χ1) is 12.1. The summed E-state index contributed by atoms with van der Waals surface area (Å²) in [6.07, 6.45) is 6.84. The summed E-state index contributed by atoms with van der Waals surface area (Å²) in [5.41, 5.74) is 0.672. The highest BCUT2D eigenvalue weighted by Crippen LogP contribution is 2.39. The van der Waals surface area contributed by atoms with Crippen LogP contribution in [0.3, 0.4) is 0 Å². The Morgan fingerprint density at radius 3 is 2.64 bits per heavy atom. The Morgan fingerprint density at radius 2 is 1.88 bits per heavy atom. The van der Waals surface area contributed by atoms with Crippen molar-refractivity contribution >= 4 is 11.8 Å². The molecule has 2 fully saturated rings. The van der Waals surface area contributed by atoms with Crippen LogP contribution in [-0.2, 0) is 4.79 Å². The second-order valence-electron chi connectivity index (χ2n) is 6.89. The Labute approximate surface area is 147 Å². The number of rotatable bonds is 2. The van der Waals surface area contributed by atoms with Gasteiger partial charge in [0.05, 0.1) is 11.3 Å². The third-order valence-corrected chi connectivity index (χ3v) is 5.45. The number of aromatic nitrogens is 2. The molecule has 1 spiro atoms. The molecular weight excluding hydrogens is 316 g/mol. The van der Waals surface area contributed by atoms with E-state index < -0.39 is 5.54 Å². The van der Waals surface area contributed by atoms with Crippen LogP contribution in [0.25, 0.3) is 5.69 Å². The average Bonchev–Trinajstić information content (AvgIpc) is 3.30. The molecule has 6 nitrogen and oxygen atoms in total. The number of nitrogens with zero attached hydrogens (tertiary/aromatic N) is 4. The minimum atomic E-state index is -0.665. The second kappa shape index (κ2) is 6.02. The van der Waals surface area contributed by atoms with Crippen molar-refractivity contribution in [2.75, 3.05) is 20.1 Å². The van der Waals surface area contributed by atoms with Gasteiger partial charge in [-0.25, -0.2) is 4.68 Å². The summed E-state index contributed by atoms with van der Waals surface area (Å²) in [6.45, 7) is 1.40. The SMILES string of the molecule is CN1CCCC2(CCCN2C(=O)c2ccccc2-n2cccn2)C1=O. The number of benzene rings is 1. The van der Waals surface area contributed by atoms with Gasteiger partial charge in [-0.15, -0.1) is 0 Å². The molecule has 0 N–H and O–H groups in total. The van der Waals surface area contributed by atoms with Crippen LogP contribution >= 0.6 is 0 Å². The summed E-state index contributed by atoms with van der Waals surface area (Å²) in [7, 11) is 1.84. The molecule has 0 radical (unpaired) electrons. The fraction of sp³-hybridized carbons (Fsp3) is 0.421. The summed E-state index contributed by atoms with van der Waals surface area (Å²) in [5.74, 6) is 0.00780. The normalized spacial score (nSPS) is 23.5. The van der Waals surface area contributed by atoms with Crippen molar-refractivity contribution in [3.8, 4) is 5.69 Å². The van der Waals surface area contributed by atoms with E-state index in [-0.39, 0.29) is 11.8 Å². The molecule has 130 valence electrons. The number of amides is 2. The quantitative estimate of drug-likeness (QED) is 0.842. The summed E-state index contributed by atoms with van der Waals surface area (Å²) >= 11 is 0. The number of likely N-dealkylation sites (N-methyl/N-ethyl adjacent to an activating group) is 1. The van der Waals surface area contributed by atoms with Crippen molar-refractivity contribution in [3.05, 3.63) is 48.3 Å². The molecule has 0 aliphatic carbocycles. The minimum Gasteiger partial charge on any atom is -0.344 e. The molecule has 6 heteroatoms. The molecule has 0 saturated carbocycles. The molecule has 2 aromatic rings. The highest BCUT2D eigenvalue weighted by molar-refractivity contribution is 6.02. The van der Waals surface area contributed by atoms with E-state index in [1.807, 2.05) is 48.5 Å². The molecule has 4 rings (SSSR count). The van der Waals surface area contributed by atoms with E-state index in [0.717, 1.165) is 37.9 Å². The lowest BCUT2D eigenvalue weighted by molar-refractivity contribution is -0.144. The maximum absolute atomic E-state index is 13.4. The third kappa shape index (κ3) is 2.44. The topological polar surface area (TPSA) is 58.4 Å². The van der Waals surface area contributed by atoms with Crippen LogP contribution in [-0.4, -0.2) is 57.1 Å². The van der Waals surface area contributed by atoms with Gasteiger partial charge < -0.3 is 9.80 Å². The summed E-state index contributed by atoms with van der Waals surface area (Å²) < 4.78 is 1.70. The first-order valence-electron chi connectivity index (χ1n) is 8.80. The van der Waals surface area contributed by atoms with Crippen LogP contribution in [0.5, 0.6) is 0 Å². The fourth-order valence-corrected chi connectivity index (χ4v) is 4.24. The largest absolute Gasteiger partial charge is 0.344 e. The number of carbonyl (C=O) groups is 2. The van der Waals surface area contributed by atoms with Crippen LogP contribution in [0.2, 0.25) is 0 Å². The molecular formula is C19H22N4O2. The predicted molar refractivity (Wildman–Crippen MR) is 93.4 cm³/mol. The zero-order valence-corrected chi connectivity index (χ0v) is 14.4. The van der Waals surface area contributed by atoms with E-state index in [1.54, 1.807) is 15.8 Å². The molecule has 2 saturated heterocycles. The Balaban J connectivity index is 1.73. The molecule has 2 amide bonds. The van der Waals surface area contributed by atoms with E-state index in [1.165, 1.54) is 0 Å². The van der Waals surface area contributed by atoms with Gasteiger partial charge in [0.15, 0.2) is 0 Å². The molecule has 2 aliphatic rings. The minimum absolute atomic E-state index is 0.0766. The molecule has 25 heavy (non-hydrogen) atoms. The first-order valence-corrected chi connectivity index (χ1v) is 8.80. The Hall–Kier alpha value is -2.63. The van der Waals surface area contributed by atoms with Crippen LogP contribution in [0.4, 0.5) is 0 Å². The first kappa shape index (κ1) is 15.9. The number of hydrogen-bond acceptors (Lipinski definition) is 3. The zero-order valence-electron chi connectivity index (χ0n) is 14.4. The third-order valence-electron chi connectivity index (χ3n) is 5.45. The van der Waals surface area contributed by atoms with E-state index in [9.17, 15) is 9.59 Å². The Morgan fingerprint density at radius 1 is 1.12 bits per heavy atom. The molecule has 0 bridgehead atoms. The fourth-order valence-electron chi connectivity index (χ4n) is 4.24. The highest BCUT2D eigenvalue weighted by atomic mass is 16.2. The van der Waals surface area contributed by atoms with Gasteiger partial charge in [-0.1, -0.05) is 12.1 Å². The van der Waals surface area contributed by atoms with Crippen molar-refractivity contribution < 1.29 is 9.59 Å². The van der Waals surface area contributed by atoms with Gasteiger partial charge in [-0.05, 0) is 43.9 Å². The lowest BCUT2D eigenvalue weighted by Gasteiger charge is -2.43. The summed E-state index contributed by atoms with van der Waals surface area (Å²) in [4.78, 5) is 29.9. The van der Waals surface area contributed by atoms with Gasteiger partial charge in [0, 0.05) is 32.5 Å². The van der Waals surface area contributed by atoms with E-state index >= 15 is 0 Å². The van der Waals surface area contributed by atoms with E-state index in [4.69, 9.17) is 0 Å². The van der Waals surface area contributed by atoms with Crippen LogP contribution in [0.1, 0.15) is 36.0 Å². The molecule has 2 aliphatic heterocycles. The lowest BCUT2D eigenvalue weighted by Crippen LogP contribution is -2.60. The number of likely N-dealkylation sites (tertiary alicyclic amines) is 2. The van der Waals surface area contributed by atoms with Crippen LogP contribution in [0.15, 0.2) is 42.7 Å². The molecule has 1 atom stereocenters. The predicted octanol–water partition coefficient (Wildman–Crippen LogP) is 2.10. The Kier molecular flexibility index (Phi) is 3.82. The van der Waals surface area contributed by atoms with Crippen molar-refractivity contribution in [3.63, 3.8) is 0 Å². The number of piperidine rings is 1. The van der Waals surface area contributed by atoms with Crippen LogP contribution in [0, 0.1) is 0 Å². The maximum Gasteiger partial charge on any atom is 0.256 e. The van der Waals surface area contributed by atoms with Crippen molar-refractivity contribution in [1.82, 2.24) is 19.6 Å². The average molecular weight is 338 g/mol. The number of para-hydroxylation sites is 1. The van der Waals surface area contributed by atoms with Gasteiger partial charge in [0.2, 0.25) is 5.91 Å². The van der Waals surface area contributed by atoms with Gasteiger partial charge in [-0.2, -0.15) is 5.10 Å².